The lowest BCUT2D eigenvalue weighted by Gasteiger charge is -2.32. The van der Waals surface area contributed by atoms with Crippen LogP contribution in [0.2, 0.25) is 10.0 Å². The molecule has 0 spiro atoms. The predicted octanol–water partition coefficient (Wildman–Crippen LogP) is 5.44. The van der Waals surface area contributed by atoms with E-state index < -0.39 is 28.5 Å². The Balaban J connectivity index is 2.00. The molecule has 0 radical (unpaired) electrons. The third kappa shape index (κ3) is 7.49. The highest BCUT2D eigenvalue weighted by Crippen LogP contribution is 2.26. The van der Waals surface area contributed by atoms with Crippen LogP contribution < -0.4 is 9.62 Å². The van der Waals surface area contributed by atoms with Crippen LogP contribution in [-0.2, 0) is 26.2 Å². The lowest BCUT2D eigenvalue weighted by Crippen LogP contribution is -2.51. The summed E-state index contributed by atoms with van der Waals surface area (Å²) in [5.41, 5.74) is 1.93. The number of aryl methyl sites for hydroxylation is 1. The number of carbonyl (C=O) groups excluding carboxylic acids is 2. The summed E-state index contributed by atoms with van der Waals surface area (Å²) in [6, 6.07) is 18.7. The molecular weight excluding hydrogens is 545 g/mol. The normalized spacial score (nSPS) is 12.0. The number of sulfonamides is 1. The van der Waals surface area contributed by atoms with Crippen LogP contribution in [0.5, 0.6) is 0 Å². The molecule has 2 amide bonds. The van der Waals surface area contributed by atoms with Crippen molar-refractivity contribution in [1.82, 2.24) is 10.2 Å². The topological polar surface area (TPSA) is 86.8 Å². The molecule has 202 valence electrons. The van der Waals surface area contributed by atoms with Crippen molar-refractivity contribution in [1.29, 1.82) is 0 Å². The molecule has 0 saturated carbocycles. The van der Waals surface area contributed by atoms with Crippen LogP contribution in [0.1, 0.15) is 31.4 Å². The van der Waals surface area contributed by atoms with E-state index in [1.807, 2.05) is 13.8 Å². The van der Waals surface area contributed by atoms with Gasteiger partial charge in [-0.3, -0.25) is 13.9 Å². The molecule has 0 saturated heterocycles. The van der Waals surface area contributed by atoms with E-state index in [0.717, 1.165) is 21.9 Å². The van der Waals surface area contributed by atoms with Gasteiger partial charge in [0.05, 0.1) is 10.6 Å². The third-order valence-corrected chi connectivity index (χ3v) is 8.28. The van der Waals surface area contributed by atoms with E-state index in [1.54, 1.807) is 67.6 Å². The summed E-state index contributed by atoms with van der Waals surface area (Å²) in [6.45, 7) is 5.45. The van der Waals surface area contributed by atoms with Gasteiger partial charge < -0.3 is 10.2 Å². The molecule has 3 aromatic rings. The van der Waals surface area contributed by atoms with Crippen molar-refractivity contribution in [3.63, 3.8) is 0 Å². The van der Waals surface area contributed by atoms with E-state index in [1.165, 1.54) is 17.0 Å². The molecule has 0 aliphatic rings. The van der Waals surface area contributed by atoms with Gasteiger partial charge in [-0.1, -0.05) is 60.0 Å². The zero-order valence-corrected chi connectivity index (χ0v) is 23.9. The van der Waals surface area contributed by atoms with Gasteiger partial charge in [-0.2, -0.15) is 0 Å². The first-order valence-electron chi connectivity index (χ1n) is 12.2. The van der Waals surface area contributed by atoms with E-state index in [-0.39, 0.29) is 23.0 Å². The highest BCUT2D eigenvalue weighted by atomic mass is 35.5. The lowest BCUT2D eigenvalue weighted by molar-refractivity contribution is -0.139. The molecule has 3 aromatic carbocycles. The summed E-state index contributed by atoms with van der Waals surface area (Å²) < 4.78 is 28.6. The second-order valence-electron chi connectivity index (χ2n) is 8.92. The van der Waals surface area contributed by atoms with Crippen LogP contribution in [0.25, 0.3) is 0 Å². The monoisotopic (exact) mass is 575 g/mol. The smallest absolute Gasteiger partial charge is 0.264 e. The second-order valence-corrected chi connectivity index (χ2v) is 11.7. The average molecular weight is 577 g/mol. The van der Waals surface area contributed by atoms with Crippen LogP contribution in [0.3, 0.4) is 0 Å². The fourth-order valence-corrected chi connectivity index (χ4v) is 5.40. The molecule has 7 nitrogen and oxygen atoms in total. The fourth-order valence-electron chi connectivity index (χ4n) is 3.74. The summed E-state index contributed by atoms with van der Waals surface area (Å²) in [5.74, 6) is -0.863. The Labute approximate surface area is 234 Å². The summed E-state index contributed by atoms with van der Waals surface area (Å²) in [7, 11) is -4.13. The zero-order chi connectivity index (χ0) is 27.9. The van der Waals surface area contributed by atoms with Crippen LogP contribution in [0.15, 0.2) is 77.7 Å². The molecule has 0 unspecified atom stereocenters. The van der Waals surface area contributed by atoms with E-state index in [0.29, 0.717) is 16.6 Å². The zero-order valence-electron chi connectivity index (χ0n) is 21.5. The van der Waals surface area contributed by atoms with Gasteiger partial charge in [-0.25, -0.2) is 8.42 Å². The van der Waals surface area contributed by atoms with Crippen LogP contribution in [0, 0.1) is 6.92 Å². The minimum Gasteiger partial charge on any atom is -0.354 e. The number of rotatable bonds is 11. The Morgan fingerprint density at radius 2 is 1.45 bits per heavy atom. The van der Waals surface area contributed by atoms with Gasteiger partial charge in [0.25, 0.3) is 10.0 Å². The number of nitrogens with one attached hydrogen (secondary N) is 1. The van der Waals surface area contributed by atoms with Crippen molar-refractivity contribution < 1.29 is 18.0 Å². The van der Waals surface area contributed by atoms with Crippen LogP contribution >= 0.6 is 23.2 Å². The van der Waals surface area contributed by atoms with Crippen molar-refractivity contribution in [3.8, 4) is 0 Å². The Hall–Kier alpha value is -3.07. The van der Waals surface area contributed by atoms with E-state index in [9.17, 15) is 18.0 Å². The largest absolute Gasteiger partial charge is 0.354 e. The quantitative estimate of drug-likeness (QED) is 0.330. The number of halogens is 2. The molecule has 0 fully saturated rings. The van der Waals surface area contributed by atoms with Gasteiger partial charge in [0, 0.05) is 23.1 Å². The maximum absolute atomic E-state index is 13.8. The van der Waals surface area contributed by atoms with Crippen LogP contribution in [0.4, 0.5) is 5.69 Å². The second kappa shape index (κ2) is 13.1. The van der Waals surface area contributed by atoms with Crippen LogP contribution in [-0.4, -0.2) is 44.3 Å². The van der Waals surface area contributed by atoms with E-state index in [2.05, 4.69) is 5.32 Å². The first-order chi connectivity index (χ1) is 18.0. The highest BCUT2D eigenvalue weighted by molar-refractivity contribution is 7.92. The van der Waals surface area contributed by atoms with Gasteiger partial charge in [0.2, 0.25) is 11.8 Å². The molecule has 3 rings (SSSR count). The van der Waals surface area contributed by atoms with Crippen molar-refractivity contribution in [2.24, 2.45) is 0 Å². The Morgan fingerprint density at radius 1 is 0.895 bits per heavy atom. The van der Waals surface area contributed by atoms with Crippen molar-refractivity contribution >= 4 is 50.7 Å². The Morgan fingerprint density at radius 3 is 2.00 bits per heavy atom. The molecule has 10 heteroatoms. The standard InChI is InChI=1S/C28H31Cl2N3O4S/c1-4-17-31-28(35)21(3)32(18-22-7-9-23(29)10-8-22)27(34)19-33(25-13-11-24(30)12-14-25)38(36,37)26-15-5-20(2)6-16-26/h5-16,21H,4,17-19H2,1-3H3,(H,31,35)/t21-/m1/s1. The Kier molecular flexibility index (Phi) is 10.2. The van der Waals surface area contributed by atoms with E-state index in [4.69, 9.17) is 23.2 Å². The summed E-state index contributed by atoms with van der Waals surface area (Å²) in [4.78, 5) is 28.1. The number of benzene rings is 3. The van der Waals surface area contributed by atoms with Crippen molar-refractivity contribution in [3.05, 3.63) is 94.0 Å². The molecular formula is C28H31Cl2N3O4S. The molecule has 0 bridgehead atoms. The lowest BCUT2D eigenvalue weighted by atomic mass is 10.1. The first kappa shape index (κ1) is 29.5. The molecule has 0 heterocycles. The maximum Gasteiger partial charge on any atom is 0.264 e. The van der Waals surface area contributed by atoms with Gasteiger partial charge in [-0.15, -0.1) is 0 Å². The highest BCUT2D eigenvalue weighted by Gasteiger charge is 2.32. The van der Waals surface area contributed by atoms with Crippen molar-refractivity contribution in [2.75, 3.05) is 17.4 Å². The molecule has 1 N–H and O–H groups in total. The summed E-state index contributed by atoms with van der Waals surface area (Å²) >= 11 is 12.1. The molecule has 1 atom stereocenters. The van der Waals surface area contributed by atoms with Crippen molar-refractivity contribution in [2.45, 2.75) is 44.7 Å². The Bertz CT molecular complexity index is 1350. The number of carbonyl (C=O) groups is 2. The average Bonchev–Trinajstić information content (AvgIpc) is 2.90. The summed E-state index contributed by atoms with van der Waals surface area (Å²) in [6.07, 6.45) is 0.739. The van der Waals surface area contributed by atoms with Gasteiger partial charge in [-0.05, 0) is 74.4 Å². The summed E-state index contributed by atoms with van der Waals surface area (Å²) in [5, 5.41) is 3.78. The molecule has 0 aromatic heterocycles. The fraction of sp³-hybridized carbons (Fsp3) is 0.286. The van der Waals surface area contributed by atoms with Gasteiger partial charge >= 0.3 is 0 Å². The molecule has 38 heavy (non-hydrogen) atoms. The number of amides is 2. The van der Waals surface area contributed by atoms with E-state index >= 15 is 0 Å². The molecule has 0 aliphatic heterocycles. The predicted molar refractivity (Wildman–Crippen MR) is 152 cm³/mol. The number of hydrogen-bond donors (Lipinski definition) is 1. The van der Waals surface area contributed by atoms with Gasteiger partial charge in [0.1, 0.15) is 12.6 Å². The number of anilines is 1. The minimum absolute atomic E-state index is 0.0452. The number of nitrogens with zero attached hydrogens (tertiary/aromatic N) is 2. The molecule has 0 aliphatic carbocycles. The minimum atomic E-state index is -4.13. The SMILES string of the molecule is CCCNC(=O)[C@@H](C)N(Cc1ccc(Cl)cc1)C(=O)CN(c1ccc(Cl)cc1)S(=O)(=O)c1ccc(C)cc1. The third-order valence-electron chi connectivity index (χ3n) is 5.99. The van der Waals surface area contributed by atoms with Gasteiger partial charge in [0.15, 0.2) is 0 Å². The number of hydrogen-bond acceptors (Lipinski definition) is 4. The maximum atomic E-state index is 13.8. The first-order valence-corrected chi connectivity index (χ1v) is 14.4.